The molecule has 132 valence electrons. The summed E-state index contributed by atoms with van der Waals surface area (Å²) in [6.45, 7) is 3.98. The van der Waals surface area contributed by atoms with Gasteiger partial charge in [0.1, 0.15) is 0 Å². The maximum absolute atomic E-state index is 12.4. The molecule has 0 bridgehead atoms. The number of benzene rings is 2. The van der Waals surface area contributed by atoms with Gasteiger partial charge in [-0.1, -0.05) is 54.6 Å². The fourth-order valence-electron chi connectivity index (χ4n) is 3.43. The molecule has 0 aliphatic carbocycles. The Morgan fingerprint density at radius 2 is 1.76 bits per heavy atom. The zero-order valence-corrected chi connectivity index (χ0v) is 14.7. The third-order valence-corrected chi connectivity index (χ3v) is 5.11. The lowest BCUT2D eigenvalue weighted by Gasteiger charge is -2.34. The molecular weight excluding hydrogens is 312 g/mol. The lowest BCUT2D eigenvalue weighted by atomic mass is 9.87. The Morgan fingerprint density at radius 3 is 2.44 bits per heavy atom. The number of hydrogen-bond donors (Lipinski definition) is 2. The van der Waals surface area contributed by atoms with Crippen LogP contribution in [0.2, 0.25) is 0 Å². The zero-order chi connectivity index (χ0) is 17.6. The van der Waals surface area contributed by atoms with Crippen LogP contribution in [0.15, 0.2) is 54.6 Å². The summed E-state index contributed by atoms with van der Waals surface area (Å²) in [5, 5.41) is 13.5. The smallest absolute Gasteiger partial charge is 0.317 e. The third-order valence-electron chi connectivity index (χ3n) is 5.11. The highest BCUT2D eigenvalue weighted by atomic mass is 16.3. The fourth-order valence-corrected chi connectivity index (χ4v) is 3.43. The van der Waals surface area contributed by atoms with Gasteiger partial charge in [0, 0.05) is 19.6 Å². The van der Waals surface area contributed by atoms with Crippen LogP contribution in [-0.4, -0.2) is 29.1 Å². The number of nitrogens with one attached hydrogen (secondary N) is 1. The molecule has 0 spiro atoms. The van der Waals surface area contributed by atoms with Crippen molar-refractivity contribution in [2.24, 2.45) is 5.92 Å². The number of rotatable bonds is 4. The van der Waals surface area contributed by atoms with Crippen molar-refractivity contribution < 1.29 is 9.90 Å². The van der Waals surface area contributed by atoms with Crippen molar-refractivity contribution in [3.8, 4) is 0 Å². The van der Waals surface area contributed by atoms with Crippen molar-refractivity contribution in [2.45, 2.75) is 32.4 Å². The van der Waals surface area contributed by atoms with Crippen LogP contribution >= 0.6 is 0 Å². The Labute approximate surface area is 149 Å². The van der Waals surface area contributed by atoms with Gasteiger partial charge in [0.25, 0.3) is 0 Å². The molecule has 4 heteroatoms. The van der Waals surface area contributed by atoms with E-state index in [1.54, 1.807) is 0 Å². The van der Waals surface area contributed by atoms with Crippen LogP contribution in [0.3, 0.4) is 0 Å². The molecule has 1 aliphatic heterocycles. The van der Waals surface area contributed by atoms with Gasteiger partial charge < -0.3 is 15.3 Å². The first-order chi connectivity index (χ1) is 12.1. The molecule has 0 radical (unpaired) electrons. The number of hydrogen-bond acceptors (Lipinski definition) is 2. The van der Waals surface area contributed by atoms with Crippen molar-refractivity contribution in [1.82, 2.24) is 10.2 Å². The highest BCUT2D eigenvalue weighted by Crippen LogP contribution is 2.30. The van der Waals surface area contributed by atoms with E-state index in [-0.39, 0.29) is 11.9 Å². The quantitative estimate of drug-likeness (QED) is 0.894. The molecule has 1 atom stereocenters. The number of carbonyl (C=O) groups excluding carboxylic acids is 1. The number of likely N-dealkylation sites (tertiary alicyclic amines) is 1. The predicted molar refractivity (Wildman–Crippen MR) is 99.1 cm³/mol. The second kappa shape index (κ2) is 8.17. The van der Waals surface area contributed by atoms with Gasteiger partial charge in [-0.3, -0.25) is 0 Å². The molecule has 3 rings (SSSR count). The summed E-state index contributed by atoms with van der Waals surface area (Å²) in [5.41, 5.74) is 3.29. The molecular formula is C21H26N2O2. The van der Waals surface area contributed by atoms with Gasteiger partial charge in [0.05, 0.1) is 6.10 Å². The van der Waals surface area contributed by atoms with Crippen LogP contribution in [0.1, 0.15) is 35.6 Å². The molecule has 2 aromatic carbocycles. The molecule has 2 N–H and O–H groups in total. The second-order valence-corrected chi connectivity index (χ2v) is 6.77. The average molecular weight is 338 g/mol. The number of piperidine rings is 1. The first-order valence-corrected chi connectivity index (χ1v) is 8.95. The van der Waals surface area contributed by atoms with Crippen LogP contribution in [0.4, 0.5) is 4.79 Å². The van der Waals surface area contributed by atoms with Crippen LogP contribution in [0.25, 0.3) is 0 Å². The van der Waals surface area contributed by atoms with Gasteiger partial charge in [-0.2, -0.15) is 0 Å². The lowest BCUT2D eigenvalue weighted by molar-refractivity contribution is 0.0665. The van der Waals surface area contributed by atoms with E-state index >= 15 is 0 Å². The molecule has 25 heavy (non-hydrogen) atoms. The molecule has 1 saturated heterocycles. The van der Waals surface area contributed by atoms with Crippen LogP contribution < -0.4 is 5.32 Å². The van der Waals surface area contributed by atoms with Crippen molar-refractivity contribution in [2.75, 3.05) is 13.1 Å². The van der Waals surface area contributed by atoms with Gasteiger partial charge in [0.2, 0.25) is 0 Å². The normalized spacial score (nSPS) is 16.5. The van der Waals surface area contributed by atoms with E-state index in [4.69, 9.17) is 0 Å². The number of aliphatic hydroxyl groups excluding tert-OH is 1. The molecule has 0 aromatic heterocycles. The van der Waals surface area contributed by atoms with E-state index < -0.39 is 6.10 Å². The highest BCUT2D eigenvalue weighted by molar-refractivity contribution is 5.74. The van der Waals surface area contributed by atoms with E-state index in [0.717, 1.165) is 24.0 Å². The molecule has 1 aliphatic rings. The maximum atomic E-state index is 12.4. The SMILES string of the molecule is Cc1ccccc1CNC(=O)N1CCC(C(O)c2ccccc2)CC1. The van der Waals surface area contributed by atoms with Gasteiger partial charge in [-0.15, -0.1) is 0 Å². The average Bonchev–Trinajstić information content (AvgIpc) is 2.67. The Balaban J connectivity index is 1.48. The van der Waals surface area contributed by atoms with Gasteiger partial charge in [0.15, 0.2) is 0 Å². The van der Waals surface area contributed by atoms with E-state index in [1.807, 2.05) is 53.4 Å². The fraction of sp³-hybridized carbons (Fsp3) is 0.381. The predicted octanol–water partition coefficient (Wildman–Crippen LogP) is 3.65. The van der Waals surface area contributed by atoms with E-state index in [2.05, 4.69) is 18.3 Å². The van der Waals surface area contributed by atoms with Gasteiger partial charge in [-0.05, 0) is 42.4 Å². The van der Waals surface area contributed by atoms with Gasteiger partial charge >= 0.3 is 6.03 Å². The van der Waals surface area contributed by atoms with Crippen molar-refractivity contribution >= 4 is 6.03 Å². The molecule has 0 saturated carbocycles. The summed E-state index contributed by atoms with van der Waals surface area (Å²) in [6, 6.07) is 17.9. The number of carbonyl (C=O) groups is 1. The van der Waals surface area contributed by atoms with Gasteiger partial charge in [-0.25, -0.2) is 4.79 Å². The highest BCUT2D eigenvalue weighted by Gasteiger charge is 2.28. The zero-order valence-electron chi connectivity index (χ0n) is 14.7. The standard InChI is InChI=1S/C21H26N2O2/c1-16-7-5-6-10-19(16)15-22-21(25)23-13-11-18(12-14-23)20(24)17-8-3-2-4-9-17/h2-10,18,20,24H,11-15H2,1H3,(H,22,25). The minimum atomic E-state index is -0.446. The van der Waals surface area contributed by atoms with E-state index in [1.165, 1.54) is 5.56 Å². The van der Waals surface area contributed by atoms with E-state index in [9.17, 15) is 9.90 Å². The summed E-state index contributed by atoms with van der Waals surface area (Å²) < 4.78 is 0. The number of urea groups is 1. The van der Waals surface area contributed by atoms with Crippen molar-refractivity contribution in [3.05, 3.63) is 71.3 Å². The van der Waals surface area contributed by atoms with Crippen molar-refractivity contribution in [1.29, 1.82) is 0 Å². The van der Waals surface area contributed by atoms with Crippen LogP contribution in [-0.2, 0) is 6.54 Å². The minimum absolute atomic E-state index is 0.0177. The largest absolute Gasteiger partial charge is 0.388 e. The molecule has 2 amide bonds. The monoisotopic (exact) mass is 338 g/mol. The summed E-state index contributed by atoms with van der Waals surface area (Å²) in [5.74, 6) is 0.211. The number of aryl methyl sites for hydroxylation is 1. The maximum Gasteiger partial charge on any atom is 0.317 e. The molecule has 1 unspecified atom stereocenters. The summed E-state index contributed by atoms with van der Waals surface area (Å²) in [6.07, 6.45) is 1.21. The summed E-state index contributed by atoms with van der Waals surface area (Å²) in [7, 11) is 0. The molecule has 4 nitrogen and oxygen atoms in total. The minimum Gasteiger partial charge on any atom is -0.388 e. The number of nitrogens with zero attached hydrogens (tertiary/aromatic N) is 1. The Morgan fingerprint density at radius 1 is 1.12 bits per heavy atom. The molecule has 1 heterocycles. The summed E-state index contributed by atoms with van der Waals surface area (Å²) >= 11 is 0. The van der Waals surface area contributed by atoms with Crippen LogP contribution in [0, 0.1) is 12.8 Å². The third kappa shape index (κ3) is 4.40. The van der Waals surface area contributed by atoms with E-state index in [0.29, 0.717) is 19.6 Å². The lowest BCUT2D eigenvalue weighted by Crippen LogP contribution is -2.45. The first kappa shape index (κ1) is 17.5. The second-order valence-electron chi connectivity index (χ2n) is 6.77. The molecule has 1 fully saturated rings. The van der Waals surface area contributed by atoms with Crippen molar-refractivity contribution in [3.63, 3.8) is 0 Å². The van der Waals surface area contributed by atoms with Crippen LogP contribution in [0.5, 0.6) is 0 Å². The summed E-state index contributed by atoms with van der Waals surface area (Å²) in [4.78, 5) is 14.2. The Bertz CT molecular complexity index is 694. The Kier molecular flexibility index (Phi) is 5.71. The number of amides is 2. The molecule has 2 aromatic rings. The Hall–Kier alpha value is -2.33. The topological polar surface area (TPSA) is 52.6 Å². The number of aliphatic hydroxyl groups is 1. The first-order valence-electron chi connectivity index (χ1n) is 8.95.